The van der Waals surface area contributed by atoms with Gasteiger partial charge in [-0.2, -0.15) is 5.21 Å². The van der Waals surface area contributed by atoms with Crippen molar-refractivity contribution >= 4 is 21.6 Å². The van der Waals surface area contributed by atoms with E-state index in [0.29, 0.717) is 10.7 Å². The molecule has 2 aromatic heterocycles. The maximum absolute atomic E-state index is 5.97. The highest BCUT2D eigenvalue weighted by Gasteiger charge is 2.45. The van der Waals surface area contributed by atoms with Crippen LogP contribution in [-0.2, 0) is 12.8 Å². The van der Waals surface area contributed by atoms with Gasteiger partial charge < -0.3 is 9.64 Å². The highest BCUT2D eigenvalue weighted by atomic mass is 32.1. The van der Waals surface area contributed by atoms with Crippen LogP contribution in [-0.4, -0.2) is 49.6 Å². The average Bonchev–Trinajstić information content (AvgIpc) is 3.19. The summed E-state index contributed by atoms with van der Waals surface area (Å²) in [5, 5.41) is 14.9. The highest BCUT2D eigenvalue weighted by molar-refractivity contribution is 7.20. The van der Waals surface area contributed by atoms with E-state index < -0.39 is 0 Å². The van der Waals surface area contributed by atoms with E-state index in [0.717, 1.165) is 47.6 Å². The lowest BCUT2D eigenvalue weighted by atomic mass is 10.0. The molecule has 31 heavy (non-hydrogen) atoms. The number of fused-ring (bicyclic) bond motifs is 1. The van der Waals surface area contributed by atoms with Crippen LogP contribution in [0, 0.1) is 0 Å². The van der Waals surface area contributed by atoms with Crippen LogP contribution in [0.4, 0.5) is 0 Å². The zero-order valence-corrected chi connectivity index (χ0v) is 18.4. The van der Waals surface area contributed by atoms with E-state index in [9.17, 15) is 0 Å². The normalized spacial score (nSPS) is 14.9. The highest BCUT2D eigenvalue weighted by Crippen LogP contribution is 2.45. The molecule has 0 bridgehead atoms. The van der Waals surface area contributed by atoms with Crippen molar-refractivity contribution in [2.24, 2.45) is 0 Å². The van der Waals surface area contributed by atoms with Crippen molar-refractivity contribution in [3.05, 3.63) is 59.9 Å². The summed E-state index contributed by atoms with van der Waals surface area (Å²) in [4.78, 5) is 7.07. The van der Waals surface area contributed by atoms with E-state index in [1.165, 1.54) is 24.8 Å². The Morgan fingerprint density at radius 3 is 2.68 bits per heavy atom. The SMILES string of the molecule is CN(CCCc1nn[nH]n1)C1(CCc2ccc(Oc3nc4ccccc4s3)cc2)CC1. The van der Waals surface area contributed by atoms with Gasteiger partial charge in [0.05, 0.1) is 10.2 Å². The van der Waals surface area contributed by atoms with Gasteiger partial charge in [0.1, 0.15) is 5.75 Å². The van der Waals surface area contributed by atoms with E-state index in [1.807, 2.05) is 18.2 Å². The van der Waals surface area contributed by atoms with Gasteiger partial charge >= 0.3 is 0 Å². The lowest BCUT2D eigenvalue weighted by Crippen LogP contribution is -2.35. The maximum Gasteiger partial charge on any atom is 0.279 e. The molecule has 1 saturated carbocycles. The number of para-hydroxylation sites is 1. The van der Waals surface area contributed by atoms with Crippen molar-refractivity contribution in [3.63, 3.8) is 0 Å². The lowest BCUT2D eigenvalue weighted by Gasteiger charge is -2.28. The first kappa shape index (κ1) is 20.1. The minimum absolute atomic E-state index is 0.355. The summed E-state index contributed by atoms with van der Waals surface area (Å²) in [5.41, 5.74) is 2.69. The van der Waals surface area contributed by atoms with Crippen molar-refractivity contribution in [2.75, 3.05) is 13.6 Å². The van der Waals surface area contributed by atoms with Gasteiger partial charge in [0.15, 0.2) is 5.82 Å². The molecule has 0 atom stereocenters. The largest absolute Gasteiger partial charge is 0.431 e. The third kappa shape index (κ3) is 4.75. The number of tetrazole rings is 1. The molecule has 0 amide bonds. The molecule has 1 aliphatic rings. The Morgan fingerprint density at radius 1 is 1.10 bits per heavy atom. The standard InChI is InChI=1S/C23H26N6OS/c1-29(16-4-7-21-25-27-28-26-21)23(14-15-23)13-12-17-8-10-18(11-9-17)30-22-24-19-5-2-3-6-20(19)31-22/h2-3,5-6,8-11H,4,7,12-16H2,1H3,(H,25,26,27,28). The quantitative estimate of drug-likeness (QED) is 0.392. The summed E-state index contributed by atoms with van der Waals surface area (Å²) in [6, 6.07) is 16.6. The number of H-pyrrole nitrogens is 1. The molecule has 0 unspecified atom stereocenters. The summed E-state index contributed by atoms with van der Waals surface area (Å²) in [5.74, 6) is 1.63. The van der Waals surface area contributed by atoms with Crippen molar-refractivity contribution in [1.82, 2.24) is 30.5 Å². The van der Waals surface area contributed by atoms with Gasteiger partial charge in [0.25, 0.3) is 5.19 Å². The van der Waals surface area contributed by atoms with E-state index in [-0.39, 0.29) is 0 Å². The van der Waals surface area contributed by atoms with Gasteiger partial charge in [-0.3, -0.25) is 0 Å². The van der Waals surface area contributed by atoms with E-state index in [2.05, 4.69) is 67.9 Å². The van der Waals surface area contributed by atoms with Crippen molar-refractivity contribution in [1.29, 1.82) is 0 Å². The van der Waals surface area contributed by atoms with Crippen molar-refractivity contribution in [3.8, 4) is 10.9 Å². The number of ether oxygens (including phenoxy) is 1. The van der Waals surface area contributed by atoms with Gasteiger partial charge in [0, 0.05) is 12.0 Å². The molecule has 7 nitrogen and oxygen atoms in total. The zero-order chi connectivity index (χ0) is 21.1. The van der Waals surface area contributed by atoms with Crippen LogP contribution in [0.3, 0.4) is 0 Å². The third-order valence-corrected chi connectivity index (χ3v) is 7.12. The molecule has 0 aliphatic heterocycles. The number of rotatable bonds is 10. The molecule has 1 N–H and O–H groups in total. The molecule has 0 spiro atoms. The maximum atomic E-state index is 5.97. The fourth-order valence-electron chi connectivity index (χ4n) is 4.06. The Morgan fingerprint density at radius 2 is 1.94 bits per heavy atom. The fourth-order valence-corrected chi connectivity index (χ4v) is 4.90. The van der Waals surface area contributed by atoms with Crippen LogP contribution in [0.1, 0.15) is 37.1 Å². The van der Waals surface area contributed by atoms with Gasteiger partial charge in [0.2, 0.25) is 0 Å². The number of thiazole rings is 1. The third-order valence-electron chi connectivity index (χ3n) is 6.20. The van der Waals surface area contributed by atoms with Gasteiger partial charge in [-0.1, -0.05) is 40.8 Å². The number of hydrogen-bond donors (Lipinski definition) is 1. The lowest BCUT2D eigenvalue weighted by molar-refractivity contribution is 0.206. The summed E-state index contributed by atoms with van der Waals surface area (Å²) in [7, 11) is 2.25. The summed E-state index contributed by atoms with van der Waals surface area (Å²) < 4.78 is 7.12. The minimum atomic E-state index is 0.355. The second kappa shape index (κ2) is 8.72. The van der Waals surface area contributed by atoms with Crippen LogP contribution >= 0.6 is 11.3 Å². The number of nitrogens with one attached hydrogen (secondary N) is 1. The average molecular weight is 435 g/mol. The Hall–Kier alpha value is -2.84. The predicted octanol–water partition coefficient (Wildman–Crippen LogP) is 4.63. The van der Waals surface area contributed by atoms with E-state index in [4.69, 9.17) is 4.74 Å². The molecule has 5 rings (SSSR count). The van der Waals surface area contributed by atoms with Crippen LogP contribution in [0.5, 0.6) is 10.9 Å². The summed E-state index contributed by atoms with van der Waals surface area (Å²) in [6.45, 7) is 1.06. The fraction of sp³-hybridized carbons (Fsp3) is 0.391. The smallest absolute Gasteiger partial charge is 0.279 e. The van der Waals surface area contributed by atoms with Gasteiger partial charge in [-0.25, -0.2) is 4.98 Å². The number of nitrogens with zero attached hydrogens (tertiary/aromatic N) is 5. The van der Waals surface area contributed by atoms with Gasteiger partial charge in [-0.05, 0) is 75.5 Å². The Labute approximate surface area is 185 Å². The molecule has 2 aromatic carbocycles. The number of aryl methyl sites for hydroxylation is 2. The second-order valence-corrected chi connectivity index (χ2v) is 9.26. The second-order valence-electron chi connectivity index (χ2n) is 8.27. The summed E-state index contributed by atoms with van der Waals surface area (Å²) in [6.07, 6.45) is 6.75. The van der Waals surface area contributed by atoms with Gasteiger partial charge in [-0.15, -0.1) is 10.2 Å². The molecule has 0 radical (unpaired) electrons. The number of hydrogen-bond acceptors (Lipinski definition) is 7. The molecule has 2 heterocycles. The first-order valence-electron chi connectivity index (χ1n) is 10.8. The number of benzene rings is 2. The Balaban J connectivity index is 1.12. The molecule has 8 heteroatoms. The molecule has 1 aliphatic carbocycles. The molecular formula is C23H26N6OS. The molecule has 1 fully saturated rings. The predicted molar refractivity (Wildman–Crippen MR) is 122 cm³/mol. The van der Waals surface area contributed by atoms with Crippen molar-refractivity contribution in [2.45, 2.75) is 44.1 Å². The van der Waals surface area contributed by atoms with Crippen LogP contribution in [0.25, 0.3) is 10.2 Å². The zero-order valence-electron chi connectivity index (χ0n) is 17.6. The van der Waals surface area contributed by atoms with Crippen LogP contribution in [0.2, 0.25) is 0 Å². The number of aromatic nitrogens is 5. The van der Waals surface area contributed by atoms with Crippen molar-refractivity contribution < 1.29 is 4.74 Å². The minimum Gasteiger partial charge on any atom is -0.431 e. The molecular weight excluding hydrogens is 408 g/mol. The van der Waals surface area contributed by atoms with E-state index in [1.54, 1.807) is 11.3 Å². The first-order chi connectivity index (χ1) is 15.2. The molecule has 0 saturated heterocycles. The Bertz CT molecular complexity index is 1090. The monoisotopic (exact) mass is 434 g/mol. The van der Waals surface area contributed by atoms with Crippen LogP contribution in [0.15, 0.2) is 48.5 Å². The Kier molecular flexibility index (Phi) is 5.65. The van der Waals surface area contributed by atoms with Crippen LogP contribution < -0.4 is 4.74 Å². The molecule has 4 aromatic rings. The first-order valence-corrected chi connectivity index (χ1v) is 11.6. The van der Waals surface area contributed by atoms with E-state index >= 15 is 0 Å². The number of aromatic amines is 1. The summed E-state index contributed by atoms with van der Waals surface area (Å²) >= 11 is 1.57. The molecule has 160 valence electrons. The topological polar surface area (TPSA) is 79.8 Å².